The van der Waals surface area contributed by atoms with Gasteiger partial charge in [0.15, 0.2) is 0 Å². The molecule has 1 saturated carbocycles. The number of sulfonamides is 1. The summed E-state index contributed by atoms with van der Waals surface area (Å²) in [6.45, 7) is 0. The highest BCUT2D eigenvalue weighted by Gasteiger charge is 2.26. The Balaban J connectivity index is 2.06. The highest BCUT2D eigenvalue weighted by atomic mass is 32.2. The van der Waals surface area contributed by atoms with Crippen LogP contribution in [0.5, 0.6) is 0 Å². The molecule has 0 aliphatic heterocycles. The highest BCUT2D eigenvalue weighted by Crippen LogP contribution is 2.27. The van der Waals surface area contributed by atoms with Gasteiger partial charge in [-0.3, -0.25) is 5.43 Å². The van der Waals surface area contributed by atoms with Crippen molar-refractivity contribution in [2.45, 2.75) is 41.9 Å². The van der Waals surface area contributed by atoms with Crippen molar-refractivity contribution in [2.75, 3.05) is 11.7 Å². The minimum absolute atomic E-state index is 0.0153. The third-order valence-electron chi connectivity index (χ3n) is 3.35. The Labute approximate surface area is 123 Å². The van der Waals surface area contributed by atoms with Crippen LogP contribution < -0.4 is 16.0 Å². The zero-order chi connectivity index (χ0) is 14.6. The number of nitrogens with zero attached hydrogens (tertiary/aromatic N) is 2. The van der Waals surface area contributed by atoms with E-state index in [1.165, 1.54) is 12.4 Å². The van der Waals surface area contributed by atoms with Crippen LogP contribution in [0, 0.1) is 0 Å². The fourth-order valence-corrected chi connectivity index (χ4v) is 4.28. The van der Waals surface area contributed by atoms with Crippen LogP contribution in [0.1, 0.15) is 25.7 Å². The predicted molar refractivity (Wildman–Crippen MR) is 79.7 cm³/mol. The Morgan fingerprint density at radius 3 is 2.65 bits per heavy atom. The monoisotopic (exact) mass is 317 g/mol. The lowest BCUT2D eigenvalue weighted by atomic mass is 9.96. The number of rotatable bonds is 5. The third kappa shape index (κ3) is 3.81. The second-order valence-corrected chi connectivity index (χ2v) is 7.58. The van der Waals surface area contributed by atoms with Gasteiger partial charge in [0.1, 0.15) is 4.90 Å². The molecule has 0 amide bonds. The fraction of sp³-hybridized carbons (Fsp3) is 0.636. The summed E-state index contributed by atoms with van der Waals surface area (Å²) in [7, 11) is -3.57. The van der Waals surface area contributed by atoms with E-state index in [1.807, 2.05) is 0 Å². The van der Waals surface area contributed by atoms with Gasteiger partial charge in [0, 0.05) is 11.3 Å². The Bertz CT molecular complexity index is 534. The lowest BCUT2D eigenvalue weighted by molar-refractivity contribution is 0.420. The van der Waals surface area contributed by atoms with E-state index in [-0.39, 0.29) is 16.9 Å². The van der Waals surface area contributed by atoms with Gasteiger partial charge in [0.2, 0.25) is 16.0 Å². The van der Waals surface area contributed by atoms with Crippen molar-refractivity contribution in [3.63, 3.8) is 0 Å². The number of nitrogens with one attached hydrogen (secondary N) is 2. The van der Waals surface area contributed by atoms with Crippen molar-refractivity contribution in [3.8, 4) is 0 Å². The van der Waals surface area contributed by atoms with Crippen LogP contribution in [0.4, 0.5) is 5.95 Å². The van der Waals surface area contributed by atoms with Gasteiger partial charge in [-0.25, -0.2) is 29.0 Å². The standard InChI is InChI=1S/C11H19N5O2S2/c1-19-9-4-2-3-8(5-9)16-20(17,18)10-6-13-11(15-12)14-7-10/h6-9,16H,2-5,12H2,1H3,(H,13,14,15). The zero-order valence-electron chi connectivity index (χ0n) is 11.2. The maximum absolute atomic E-state index is 12.2. The number of nitrogen functional groups attached to an aromatic ring is 1. The maximum atomic E-state index is 12.2. The van der Waals surface area contributed by atoms with Crippen LogP contribution in [0.25, 0.3) is 0 Å². The van der Waals surface area contributed by atoms with Crippen molar-refractivity contribution < 1.29 is 8.42 Å². The number of aromatic nitrogens is 2. The fourth-order valence-electron chi connectivity index (χ4n) is 2.28. The van der Waals surface area contributed by atoms with E-state index in [0.29, 0.717) is 5.25 Å². The summed E-state index contributed by atoms with van der Waals surface area (Å²) in [5.74, 6) is 5.33. The molecule has 0 spiro atoms. The molecule has 7 nitrogen and oxygen atoms in total. The smallest absolute Gasteiger partial charge is 0.243 e. The van der Waals surface area contributed by atoms with E-state index in [1.54, 1.807) is 11.8 Å². The second-order valence-electron chi connectivity index (χ2n) is 4.73. The first-order chi connectivity index (χ1) is 9.55. The third-order valence-corrected chi connectivity index (χ3v) is 5.92. The van der Waals surface area contributed by atoms with Gasteiger partial charge in [-0.1, -0.05) is 6.42 Å². The minimum Gasteiger partial charge on any atom is -0.292 e. The minimum atomic E-state index is -3.57. The van der Waals surface area contributed by atoms with E-state index in [9.17, 15) is 8.42 Å². The van der Waals surface area contributed by atoms with E-state index in [4.69, 9.17) is 5.84 Å². The molecule has 1 aromatic heterocycles. The molecule has 0 bridgehead atoms. The van der Waals surface area contributed by atoms with Crippen molar-refractivity contribution in [1.29, 1.82) is 0 Å². The van der Waals surface area contributed by atoms with E-state index >= 15 is 0 Å². The Hall–Kier alpha value is -0.900. The first-order valence-electron chi connectivity index (χ1n) is 6.39. The molecular weight excluding hydrogens is 298 g/mol. The number of thioether (sulfide) groups is 1. The van der Waals surface area contributed by atoms with Gasteiger partial charge in [-0.2, -0.15) is 11.8 Å². The molecule has 0 radical (unpaired) electrons. The topological polar surface area (TPSA) is 110 Å². The van der Waals surface area contributed by atoms with Gasteiger partial charge in [-0.15, -0.1) is 0 Å². The van der Waals surface area contributed by atoms with E-state index in [2.05, 4.69) is 26.4 Å². The van der Waals surface area contributed by atoms with Crippen LogP contribution in [0.15, 0.2) is 17.3 Å². The summed E-state index contributed by atoms with van der Waals surface area (Å²) in [5.41, 5.74) is 2.26. The molecule has 112 valence electrons. The molecule has 2 unspecified atom stereocenters. The average molecular weight is 317 g/mol. The van der Waals surface area contributed by atoms with Crippen LogP contribution in [-0.4, -0.2) is 35.9 Å². The summed E-state index contributed by atoms with van der Waals surface area (Å²) < 4.78 is 27.2. The highest BCUT2D eigenvalue weighted by molar-refractivity contribution is 7.99. The molecule has 0 aromatic carbocycles. The number of anilines is 1. The lowest BCUT2D eigenvalue weighted by Gasteiger charge is -2.28. The van der Waals surface area contributed by atoms with Crippen LogP contribution in [0.3, 0.4) is 0 Å². The summed E-state index contributed by atoms with van der Waals surface area (Å²) in [4.78, 5) is 7.69. The zero-order valence-corrected chi connectivity index (χ0v) is 12.9. The van der Waals surface area contributed by atoms with Crippen molar-refractivity contribution in [3.05, 3.63) is 12.4 Å². The molecule has 2 atom stereocenters. The second kappa shape index (κ2) is 6.70. The van der Waals surface area contributed by atoms with E-state index in [0.717, 1.165) is 25.7 Å². The molecule has 1 aliphatic rings. The summed E-state index contributed by atoms with van der Waals surface area (Å²) in [6.07, 6.45) is 8.50. The normalized spacial score (nSPS) is 23.5. The molecule has 1 aliphatic carbocycles. The lowest BCUT2D eigenvalue weighted by Crippen LogP contribution is -2.39. The number of hydrogen-bond acceptors (Lipinski definition) is 7. The summed E-state index contributed by atoms with van der Waals surface area (Å²) in [6, 6.07) is -0.0153. The molecule has 1 fully saturated rings. The van der Waals surface area contributed by atoms with Crippen LogP contribution in [0.2, 0.25) is 0 Å². The van der Waals surface area contributed by atoms with Crippen molar-refractivity contribution in [1.82, 2.24) is 14.7 Å². The van der Waals surface area contributed by atoms with Gasteiger partial charge in [0.05, 0.1) is 12.4 Å². The first-order valence-corrected chi connectivity index (χ1v) is 9.16. The van der Waals surface area contributed by atoms with Crippen molar-refractivity contribution in [2.24, 2.45) is 5.84 Å². The summed E-state index contributed by atoms with van der Waals surface area (Å²) in [5, 5.41) is 0.525. The van der Waals surface area contributed by atoms with Gasteiger partial charge < -0.3 is 0 Å². The molecule has 2 rings (SSSR count). The number of hydrazine groups is 1. The molecular formula is C11H19N5O2S2. The quantitative estimate of drug-likeness (QED) is 0.542. The van der Waals surface area contributed by atoms with Crippen LogP contribution in [-0.2, 0) is 10.0 Å². The SMILES string of the molecule is CSC1CCCC(NS(=O)(=O)c2cnc(NN)nc2)C1. The summed E-state index contributed by atoms with van der Waals surface area (Å²) >= 11 is 1.79. The average Bonchev–Trinajstić information content (AvgIpc) is 2.47. The molecule has 9 heteroatoms. The van der Waals surface area contributed by atoms with Crippen LogP contribution >= 0.6 is 11.8 Å². The maximum Gasteiger partial charge on any atom is 0.243 e. The Morgan fingerprint density at radius 1 is 1.35 bits per heavy atom. The molecule has 4 N–H and O–H groups in total. The van der Waals surface area contributed by atoms with Gasteiger partial charge >= 0.3 is 0 Å². The van der Waals surface area contributed by atoms with Gasteiger partial charge in [0.25, 0.3) is 0 Å². The molecule has 1 aromatic rings. The first kappa shape index (κ1) is 15.5. The predicted octanol–water partition coefficient (Wildman–Crippen LogP) is 0.715. The van der Waals surface area contributed by atoms with Gasteiger partial charge in [-0.05, 0) is 25.5 Å². The number of hydrogen-bond donors (Lipinski definition) is 3. The Kier molecular flexibility index (Phi) is 5.19. The Morgan fingerprint density at radius 2 is 2.05 bits per heavy atom. The molecule has 20 heavy (non-hydrogen) atoms. The molecule has 0 saturated heterocycles. The van der Waals surface area contributed by atoms with Crippen molar-refractivity contribution >= 4 is 27.7 Å². The largest absolute Gasteiger partial charge is 0.292 e. The number of nitrogens with two attached hydrogens (primary N) is 1. The van der Waals surface area contributed by atoms with E-state index < -0.39 is 10.0 Å². The molecule has 1 heterocycles.